The number of rotatable bonds is 0. The van der Waals surface area contributed by atoms with Crippen molar-refractivity contribution in [1.82, 2.24) is 14.1 Å². The Labute approximate surface area is 630 Å². The maximum Gasteiger partial charge on any atom is 0.105 e. The normalized spacial score (nSPS) is 10.9. The predicted molar refractivity (Wildman–Crippen MR) is 459 cm³/mol. The Kier molecular flexibility index (Phi) is 34.4. The monoisotopic (exact) mass is 1380 g/mol. The third-order valence-corrected chi connectivity index (χ3v) is 22.0. The molecule has 0 spiro atoms. The van der Waals surface area contributed by atoms with Crippen LogP contribution in [-0.2, 0) is 19.5 Å². The van der Waals surface area contributed by atoms with Gasteiger partial charge in [0.1, 0.15) is 5.82 Å². The maximum absolute atomic E-state index is 4.27. The van der Waals surface area contributed by atoms with Crippen LogP contribution < -0.4 is 0 Å². The van der Waals surface area contributed by atoms with Crippen LogP contribution in [0, 0.1) is 235 Å². The molecule has 1 aliphatic rings. The van der Waals surface area contributed by atoms with E-state index in [1.807, 2.05) is 20.9 Å². The molecule has 1 aliphatic carbocycles. The van der Waals surface area contributed by atoms with Crippen molar-refractivity contribution in [3.63, 3.8) is 0 Å². The molecular weight excluding hydrogens is 1240 g/mol. The van der Waals surface area contributed by atoms with Crippen LogP contribution in [-0.4, -0.2) is 14.1 Å². The van der Waals surface area contributed by atoms with E-state index in [0.29, 0.717) is 0 Å². The summed E-state index contributed by atoms with van der Waals surface area (Å²) in [6, 6.07) is 50.9. The number of nitrogens with zero attached hydrogens (tertiary/aromatic N) is 3. The molecule has 0 saturated heterocycles. The Balaban J connectivity index is 0.000000300. The molecule has 552 valence electrons. The van der Waals surface area contributed by atoms with Gasteiger partial charge < -0.3 is 9.13 Å². The van der Waals surface area contributed by atoms with Gasteiger partial charge >= 0.3 is 0 Å². The van der Waals surface area contributed by atoms with E-state index in [4.69, 9.17) is 0 Å². The lowest BCUT2D eigenvalue weighted by Crippen LogP contribution is -2.14. The van der Waals surface area contributed by atoms with Crippen molar-refractivity contribution < 1.29 is 0 Å². The van der Waals surface area contributed by atoms with Crippen LogP contribution in [0.5, 0.6) is 0 Å². The summed E-state index contributed by atoms with van der Waals surface area (Å²) < 4.78 is 4.30. The van der Waals surface area contributed by atoms with E-state index in [1.165, 1.54) is 201 Å². The van der Waals surface area contributed by atoms with Crippen LogP contribution in [0.1, 0.15) is 215 Å². The minimum atomic E-state index is 0.145. The van der Waals surface area contributed by atoms with E-state index in [1.54, 1.807) is 0 Å². The van der Waals surface area contributed by atoms with Gasteiger partial charge in [0.15, 0.2) is 0 Å². The number of aromatic nitrogens is 3. The van der Waals surface area contributed by atoms with Gasteiger partial charge in [-0.1, -0.05) is 186 Å². The highest BCUT2D eigenvalue weighted by Crippen LogP contribution is 2.49. The first-order chi connectivity index (χ1) is 47.7. The summed E-state index contributed by atoms with van der Waals surface area (Å²) in [5.74, 6) is 1.09. The molecule has 2 heterocycles. The van der Waals surface area contributed by atoms with Gasteiger partial charge in [-0.15, -0.1) is 0 Å². The summed E-state index contributed by atoms with van der Waals surface area (Å²) in [5.41, 5.74) is 51.4. The number of hydrogen-bond donors (Lipinski definition) is 0. The Morgan fingerprint density at radius 1 is 0.233 bits per heavy atom. The van der Waals surface area contributed by atoms with E-state index in [-0.39, 0.29) is 5.41 Å². The summed E-state index contributed by atoms with van der Waals surface area (Å²) >= 11 is 0. The van der Waals surface area contributed by atoms with E-state index in [2.05, 4.69) is 396 Å². The summed E-state index contributed by atoms with van der Waals surface area (Å²) in [5, 5.41) is 0. The molecule has 3 nitrogen and oxygen atoms in total. The van der Waals surface area contributed by atoms with Crippen LogP contribution in [0.3, 0.4) is 0 Å². The quantitative estimate of drug-likeness (QED) is 0.148. The van der Waals surface area contributed by atoms with Gasteiger partial charge in [0.2, 0.25) is 0 Å². The Hall–Kier alpha value is -8.53. The third kappa shape index (κ3) is 26.0. The molecule has 0 N–H and O–H groups in total. The van der Waals surface area contributed by atoms with Crippen molar-refractivity contribution in [2.75, 3.05) is 0 Å². The molecule has 0 atom stereocenters. The Morgan fingerprint density at radius 3 is 0.835 bits per heavy atom. The highest BCUT2D eigenvalue weighted by atomic mass is 15.1. The molecule has 2 aromatic heterocycles. The summed E-state index contributed by atoms with van der Waals surface area (Å²) in [4.78, 5) is 4.27. The Morgan fingerprint density at radius 2 is 0.534 bits per heavy atom. The molecule has 0 amide bonds. The second-order valence-corrected chi connectivity index (χ2v) is 30.9. The van der Waals surface area contributed by atoms with Crippen LogP contribution in [0.15, 0.2) is 140 Å². The number of imidazole rings is 1. The van der Waals surface area contributed by atoms with Crippen LogP contribution in [0.2, 0.25) is 0 Å². The molecule has 9 aromatic carbocycles. The van der Waals surface area contributed by atoms with E-state index in [0.717, 1.165) is 11.5 Å². The lowest BCUT2D eigenvalue weighted by Gasteiger charge is -2.21. The van der Waals surface area contributed by atoms with E-state index < -0.39 is 0 Å². The fourth-order valence-electron chi connectivity index (χ4n) is 12.8. The summed E-state index contributed by atoms with van der Waals surface area (Å²) in [6.45, 7) is 77.6. The first kappa shape index (κ1) is 88.7. The fourth-order valence-corrected chi connectivity index (χ4v) is 12.8. The highest BCUT2D eigenvalue weighted by molar-refractivity contribution is 5.81. The van der Waals surface area contributed by atoms with Gasteiger partial charge in [-0.25, -0.2) is 4.98 Å². The van der Waals surface area contributed by atoms with Gasteiger partial charge in [0.25, 0.3) is 0 Å². The second kappa shape index (κ2) is 39.9. The zero-order valence-electron chi connectivity index (χ0n) is 72.1. The highest BCUT2D eigenvalue weighted by Gasteiger charge is 2.35. The molecule has 12 rings (SSSR count). The van der Waals surface area contributed by atoms with Crippen molar-refractivity contribution in [3.8, 4) is 11.1 Å². The largest absolute Gasteiger partial charge is 0.352 e. The standard InChI is InChI=1S/C17H18.C11H16.3C10H14.3C9H12.C8H13N.C7H12N2/c1-11-5-7-15-13(9-11)14-10-12(2)6-8-16(14)17(15,3)4;1-7-6-8(2)10(4)11(5)9(7)3;1-7-5-9(3)10(4)6-8(7)2;1-7-5-8(2)10(4)9(3)6-7;1-7-5-6-8(2)10(4)9(7)3;1-7-4-8(2)6-9(3)5-7;1-7-4-5-8(2)9(3)6-7;1-7-5-4-6-8(2)9(7)3;1-6-5-7(2)9(4)8(6)3;1-5-6(2)9(4)7(3)8-5/h5-10H,1-4H3;6H,1-5H3;3*5-6H,1-4H3;3*4-6H,1-3H3;5H,1-4H3;1-4H3. The number of benzene rings is 9. The molecule has 0 saturated carbocycles. The predicted octanol–water partition coefficient (Wildman–Crippen LogP) is 27.7. The number of fused-ring (bicyclic) bond motifs is 3. The summed E-state index contributed by atoms with van der Waals surface area (Å²) in [6.07, 6.45) is 0. The second-order valence-electron chi connectivity index (χ2n) is 30.9. The van der Waals surface area contributed by atoms with Gasteiger partial charge in [-0.3, -0.25) is 0 Å². The fraction of sp³-hybridized carbons (Fsp3) is 0.390. The lowest BCUT2D eigenvalue weighted by molar-refractivity contribution is 0.660. The molecule has 103 heavy (non-hydrogen) atoms. The molecule has 0 aliphatic heterocycles. The topological polar surface area (TPSA) is 22.8 Å². The van der Waals surface area contributed by atoms with E-state index >= 15 is 0 Å². The lowest BCUT2D eigenvalue weighted by atomic mass is 9.82. The minimum absolute atomic E-state index is 0.145. The molecule has 0 radical (unpaired) electrons. The molecular formula is C100H137N3. The average molecular weight is 1380 g/mol. The van der Waals surface area contributed by atoms with Gasteiger partial charge in [-0.05, 0) is 386 Å². The van der Waals surface area contributed by atoms with Gasteiger partial charge in [-0.2, -0.15) is 0 Å². The number of aryl methyl sites for hydroxylation is 25. The minimum Gasteiger partial charge on any atom is -0.352 e. The van der Waals surface area contributed by atoms with Gasteiger partial charge in [0, 0.05) is 36.6 Å². The first-order valence-electron chi connectivity index (χ1n) is 37.3. The third-order valence-electron chi connectivity index (χ3n) is 22.0. The van der Waals surface area contributed by atoms with Crippen LogP contribution >= 0.6 is 0 Å². The van der Waals surface area contributed by atoms with Crippen molar-refractivity contribution in [1.29, 1.82) is 0 Å². The van der Waals surface area contributed by atoms with E-state index in [9.17, 15) is 0 Å². The van der Waals surface area contributed by atoms with Crippen LogP contribution in [0.4, 0.5) is 0 Å². The Bertz CT molecular complexity index is 4290. The van der Waals surface area contributed by atoms with Crippen molar-refractivity contribution >= 4 is 0 Å². The summed E-state index contributed by atoms with van der Waals surface area (Å²) in [7, 11) is 4.13. The first-order valence-corrected chi connectivity index (χ1v) is 37.3. The molecule has 11 aromatic rings. The zero-order chi connectivity index (χ0) is 78.6. The molecule has 0 bridgehead atoms. The van der Waals surface area contributed by atoms with Crippen LogP contribution in [0.25, 0.3) is 11.1 Å². The molecule has 0 fully saturated rings. The van der Waals surface area contributed by atoms with Gasteiger partial charge in [0.05, 0.1) is 5.69 Å². The van der Waals surface area contributed by atoms with Crippen molar-refractivity contribution in [3.05, 3.63) is 341 Å². The number of hydrogen-bond acceptors (Lipinski definition) is 1. The molecule has 0 unspecified atom stereocenters. The SMILES string of the molecule is Cc1cc(C)c(C)c(C)c1.Cc1cc(C)c(C)c(C)c1C.Cc1cc(C)c(C)cc1C.Cc1cc(C)cc(C)c1.Cc1cc(C)n(C)c1C.Cc1ccc(C)c(C)c1.Cc1ccc(C)c(C)c1C.Cc1ccc2c(c1)-c1cc(C)ccc1C2(C)C.Cc1cccc(C)c1C.Cc1nc(C)n(C)c1C. The molecule has 3 heteroatoms. The maximum atomic E-state index is 4.27. The zero-order valence-corrected chi connectivity index (χ0v) is 72.1. The average Bonchev–Trinajstić information content (AvgIpc) is 1.58. The smallest absolute Gasteiger partial charge is 0.105 e. The van der Waals surface area contributed by atoms with Crippen molar-refractivity contribution in [2.24, 2.45) is 14.1 Å². The van der Waals surface area contributed by atoms with Crippen molar-refractivity contribution in [2.45, 2.75) is 255 Å².